The Bertz CT molecular complexity index is 880. The lowest BCUT2D eigenvalue weighted by Gasteiger charge is -2.05. The van der Waals surface area contributed by atoms with Crippen LogP contribution in [0.4, 0.5) is 4.79 Å². The van der Waals surface area contributed by atoms with Crippen molar-refractivity contribution in [1.82, 2.24) is 5.32 Å². The van der Waals surface area contributed by atoms with E-state index in [9.17, 15) is 13.2 Å². The van der Waals surface area contributed by atoms with Crippen molar-refractivity contribution in [3.63, 3.8) is 0 Å². The summed E-state index contributed by atoms with van der Waals surface area (Å²) in [6.45, 7) is 0.572. The monoisotopic (exact) mass is 357 g/mol. The molecule has 0 bridgehead atoms. The Morgan fingerprint density at radius 1 is 1.12 bits per heavy atom. The molecule has 2 rings (SSSR count). The van der Waals surface area contributed by atoms with Gasteiger partial charge in [-0.05, 0) is 23.8 Å². The molecule has 0 heterocycles. The predicted octanol–water partition coefficient (Wildman–Crippen LogP) is 2.76. The van der Waals surface area contributed by atoms with Crippen molar-refractivity contribution in [1.29, 1.82) is 0 Å². The molecule has 1 amide bonds. The van der Waals surface area contributed by atoms with Crippen LogP contribution >= 0.6 is 0 Å². The zero-order valence-electron chi connectivity index (χ0n) is 13.9. The van der Waals surface area contributed by atoms with Gasteiger partial charge in [-0.15, -0.1) is 0 Å². The second kappa shape index (κ2) is 8.90. The maximum absolute atomic E-state index is 11.6. The van der Waals surface area contributed by atoms with E-state index in [1.807, 2.05) is 30.3 Å². The van der Waals surface area contributed by atoms with E-state index in [0.717, 1.165) is 11.8 Å². The number of alkyl carbamates (subject to hydrolysis) is 1. The molecule has 0 unspecified atom stereocenters. The second-order valence-corrected chi connectivity index (χ2v) is 7.36. The Morgan fingerprint density at radius 2 is 1.88 bits per heavy atom. The van der Waals surface area contributed by atoms with E-state index >= 15 is 0 Å². The molecule has 25 heavy (non-hydrogen) atoms. The summed E-state index contributed by atoms with van der Waals surface area (Å²) in [5.41, 5.74) is 1.54. The average Bonchev–Trinajstić information content (AvgIpc) is 2.60. The van der Waals surface area contributed by atoms with Gasteiger partial charge >= 0.3 is 6.09 Å². The minimum absolute atomic E-state index is 0.219. The molecule has 0 spiro atoms. The molecule has 130 valence electrons. The average molecular weight is 357 g/mol. The molecule has 0 saturated heterocycles. The first kappa shape index (κ1) is 18.6. The summed E-state index contributed by atoms with van der Waals surface area (Å²) < 4.78 is 28.1. The van der Waals surface area contributed by atoms with Crippen LogP contribution in [0.1, 0.15) is 17.5 Å². The van der Waals surface area contributed by atoms with Crippen LogP contribution in [-0.2, 0) is 21.2 Å². The lowest BCUT2D eigenvalue weighted by molar-refractivity contribution is 0.140. The first-order valence-electron chi connectivity index (χ1n) is 7.69. The van der Waals surface area contributed by atoms with Gasteiger partial charge in [0.2, 0.25) is 0 Å². The summed E-state index contributed by atoms with van der Waals surface area (Å²) in [6.07, 6.45) is 1.10. The van der Waals surface area contributed by atoms with Crippen LogP contribution in [0.2, 0.25) is 0 Å². The van der Waals surface area contributed by atoms with Crippen molar-refractivity contribution < 1.29 is 17.9 Å². The van der Waals surface area contributed by atoms with Crippen molar-refractivity contribution in [3.05, 3.63) is 65.7 Å². The number of carbonyl (C=O) groups is 1. The molecular weight excluding hydrogens is 338 g/mol. The molecule has 0 radical (unpaired) electrons. The number of hydrogen-bond acceptors (Lipinski definition) is 4. The topological polar surface area (TPSA) is 72.5 Å². The van der Waals surface area contributed by atoms with E-state index in [2.05, 4.69) is 17.2 Å². The fourth-order valence-electron chi connectivity index (χ4n) is 1.97. The first-order valence-corrected chi connectivity index (χ1v) is 9.58. The number of carbonyl (C=O) groups excluding carboxylic acids is 1. The van der Waals surface area contributed by atoms with E-state index in [4.69, 9.17) is 4.74 Å². The van der Waals surface area contributed by atoms with Gasteiger partial charge < -0.3 is 10.1 Å². The summed E-state index contributed by atoms with van der Waals surface area (Å²) in [7, 11) is -3.24. The standard InChI is InChI=1S/C19H19NO4S/c1-25(22,23)18-12-7-11-16(14-18)8-5-6-13-20-19(21)24-15-17-9-3-2-4-10-17/h2-4,7,9-12,14H,6,13,15H2,1H3,(H,20,21). The summed E-state index contributed by atoms with van der Waals surface area (Å²) in [5.74, 6) is 5.78. The fraction of sp³-hybridized carbons (Fsp3) is 0.211. The van der Waals surface area contributed by atoms with Gasteiger partial charge in [-0.3, -0.25) is 0 Å². The summed E-state index contributed by atoms with van der Waals surface area (Å²) >= 11 is 0. The summed E-state index contributed by atoms with van der Waals surface area (Å²) in [6, 6.07) is 15.9. The van der Waals surface area contributed by atoms with Gasteiger partial charge in [0.15, 0.2) is 9.84 Å². The van der Waals surface area contributed by atoms with Crippen molar-refractivity contribution in [2.24, 2.45) is 0 Å². The highest BCUT2D eigenvalue weighted by Gasteiger charge is 2.06. The maximum Gasteiger partial charge on any atom is 0.407 e. The lowest BCUT2D eigenvalue weighted by atomic mass is 10.2. The maximum atomic E-state index is 11.6. The minimum atomic E-state index is -3.24. The van der Waals surface area contributed by atoms with E-state index in [0.29, 0.717) is 18.5 Å². The molecule has 0 aromatic heterocycles. The number of nitrogens with one attached hydrogen (secondary N) is 1. The normalized spacial score (nSPS) is 10.4. The smallest absolute Gasteiger partial charge is 0.407 e. The van der Waals surface area contributed by atoms with E-state index in [1.54, 1.807) is 12.1 Å². The van der Waals surface area contributed by atoms with Gasteiger partial charge in [0, 0.05) is 24.8 Å². The highest BCUT2D eigenvalue weighted by atomic mass is 32.2. The van der Waals surface area contributed by atoms with E-state index < -0.39 is 15.9 Å². The second-order valence-electron chi connectivity index (χ2n) is 5.34. The summed E-state index contributed by atoms with van der Waals surface area (Å²) in [5, 5.41) is 2.62. The van der Waals surface area contributed by atoms with E-state index in [1.165, 1.54) is 12.1 Å². The predicted molar refractivity (Wildman–Crippen MR) is 95.7 cm³/mol. The zero-order chi connectivity index (χ0) is 18.1. The van der Waals surface area contributed by atoms with Crippen molar-refractivity contribution in [2.45, 2.75) is 17.9 Å². The van der Waals surface area contributed by atoms with Gasteiger partial charge in [-0.25, -0.2) is 13.2 Å². The van der Waals surface area contributed by atoms with Crippen LogP contribution in [0.3, 0.4) is 0 Å². The molecule has 6 heteroatoms. The highest BCUT2D eigenvalue weighted by Crippen LogP contribution is 2.10. The Hall–Kier alpha value is -2.78. The summed E-state index contributed by atoms with van der Waals surface area (Å²) in [4.78, 5) is 11.8. The molecule has 2 aromatic rings. The molecule has 0 aliphatic heterocycles. The van der Waals surface area contributed by atoms with Crippen LogP contribution in [0.25, 0.3) is 0 Å². The molecule has 2 aromatic carbocycles. The van der Waals surface area contributed by atoms with Crippen LogP contribution in [0.15, 0.2) is 59.5 Å². The Morgan fingerprint density at radius 3 is 2.60 bits per heavy atom. The molecular formula is C19H19NO4S. The molecule has 0 fully saturated rings. The van der Waals surface area contributed by atoms with Crippen molar-refractivity contribution in [2.75, 3.05) is 12.8 Å². The Kier molecular flexibility index (Phi) is 6.61. The van der Waals surface area contributed by atoms with Gasteiger partial charge in [0.1, 0.15) is 6.61 Å². The lowest BCUT2D eigenvalue weighted by Crippen LogP contribution is -2.24. The number of rotatable bonds is 5. The number of sulfone groups is 1. The number of amides is 1. The third kappa shape index (κ3) is 6.69. The number of benzene rings is 2. The fourth-order valence-corrected chi connectivity index (χ4v) is 2.64. The molecule has 1 N–H and O–H groups in total. The Balaban J connectivity index is 1.75. The van der Waals surface area contributed by atoms with Gasteiger partial charge in [0.05, 0.1) is 4.90 Å². The molecule has 5 nitrogen and oxygen atoms in total. The van der Waals surface area contributed by atoms with Gasteiger partial charge in [-0.2, -0.15) is 0 Å². The Labute approximate surface area is 147 Å². The quantitative estimate of drug-likeness (QED) is 0.660. The van der Waals surface area contributed by atoms with Crippen molar-refractivity contribution in [3.8, 4) is 11.8 Å². The van der Waals surface area contributed by atoms with Gasteiger partial charge in [-0.1, -0.05) is 48.2 Å². The van der Waals surface area contributed by atoms with Crippen LogP contribution in [0, 0.1) is 11.8 Å². The molecule has 0 aliphatic carbocycles. The van der Waals surface area contributed by atoms with Gasteiger partial charge in [0.25, 0.3) is 0 Å². The molecule has 0 atom stereocenters. The molecule has 0 aliphatic rings. The largest absolute Gasteiger partial charge is 0.445 e. The van der Waals surface area contributed by atoms with Crippen molar-refractivity contribution >= 4 is 15.9 Å². The van der Waals surface area contributed by atoms with E-state index in [-0.39, 0.29) is 11.5 Å². The third-order valence-corrected chi connectivity index (χ3v) is 4.34. The minimum Gasteiger partial charge on any atom is -0.445 e. The first-order chi connectivity index (χ1) is 11.9. The SMILES string of the molecule is CS(=O)(=O)c1cccc(C#CCCNC(=O)OCc2ccccc2)c1. The highest BCUT2D eigenvalue weighted by molar-refractivity contribution is 7.90. The third-order valence-electron chi connectivity index (χ3n) is 3.23. The molecule has 0 saturated carbocycles. The zero-order valence-corrected chi connectivity index (χ0v) is 14.7. The van der Waals surface area contributed by atoms with Crippen LogP contribution in [-0.4, -0.2) is 27.3 Å². The number of ether oxygens (including phenoxy) is 1. The van der Waals surface area contributed by atoms with Crippen LogP contribution in [0.5, 0.6) is 0 Å². The van der Waals surface area contributed by atoms with Crippen LogP contribution < -0.4 is 5.32 Å². The number of hydrogen-bond donors (Lipinski definition) is 1.